The van der Waals surface area contributed by atoms with Gasteiger partial charge in [-0.25, -0.2) is 4.79 Å². The maximum atomic E-state index is 11.7. The fourth-order valence-corrected chi connectivity index (χ4v) is 2.28. The van der Waals surface area contributed by atoms with Gasteiger partial charge in [-0.1, -0.05) is 25.2 Å². The Bertz CT molecular complexity index is 331. The molecule has 0 radical (unpaired) electrons. The van der Waals surface area contributed by atoms with Crippen molar-refractivity contribution in [2.45, 2.75) is 39.5 Å². The second kappa shape index (κ2) is 10.5. The van der Waals surface area contributed by atoms with E-state index in [1.165, 1.54) is 0 Å². The number of rotatable bonds is 7. The molecule has 0 aromatic carbocycles. The molecule has 0 spiro atoms. The number of ether oxygens (including phenoxy) is 1. The van der Waals surface area contributed by atoms with E-state index in [0.717, 1.165) is 50.9 Å². The summed E-state index contributed by atoms with van der Waals surface area (Å²) in [4.78, 5) is 11.7. The van der Waals surface area contributed by atoms with Crippen LogP contribution in [0.15, 0.2) is 23.8 Å². The highest BCUT2D eigenvalue weighted by Crippen LogP contribution is 2.10. The molecule has 114 valence electrons. The van der Waals surface area contributed by atoms with Crippen molar-refractivity contribution in [3.8, 4) is 0 Å². The molecule has 1 saturated heterocycles. The topological polar surface area (TPSA) is 50.4 Å². The largest absolute Gasteiger partial charge is 0.445 e. The summed E-state index contributed by atoms with van der Waals surface area (Å²) in [5, 5.41) is 6.19. The van der Waals surface area contributed by atoms with Crippen molar-refractivity contribution >= 4 is 6.09 Å². The second-order valence-electron chi connectivity index (χ2n) is 5.19. The van der Waals surface area contributed by atoms with Crippen molar-refractivity contribution in [3.05, 3.63) is 23.8 Å². The summed E-state index contributed by atoms with van der Waals surface area (Å²) in [6, 6.07) is 0. The first-order valence-electron chi connectivity index (χ1n) is 7.66. The Balaban J connectivity index is 2.21. The van der Waals surface area contributed by atoms with E-state index >= 15 is 0 Å². The molecule has 0 aromatic heterocycles. The number of hydrogen-bond donors (Lipinski definition) is 2. The summed E-state index contributed by atoms with van der Waals surface area (Å²) >= 11 is 0. The summed E-state index contributed by atoms with van der Waals surface area (Å²) in [6.45, 7) is 7.30. The predicted octanol–water partition coefficient (Wildman–Crippen LogP) is 3.01. The van der Waals surface area contributed by atoms with Gasteiger partial charge in [0.15, 0.2) is 0 Å². The number of alkyl carbamates (subject to hydrolysis) is 1. The van der Waals surface area contributed by atoms with Gasteiger partial charge in [-0.15, -0.1) is 0 Å². The van der Waals surface area contributed by atoms with E-state index in [1.807, 2.05) is 13.0 Å². The third-order valence-corrected chi connectivity index (χ3v) is 3.49. The standard InChI is InChI=1S/C16H28N2O2/c1-3-5-7-15(6-4-2)13-20-16(19)18-12-14-8-10-17-11-9-14/h3,5-6,14,17H,4,7-13H2,1-2H3,(H,18,19)/b5-3-,15-6+. The lowest BCUT2D eigenvalue weighted by molar-refractivity contribution is 0.152. The molecule has 0 bridgehead atoms. The van der Waals surface area contributed by atoms with Crippen molar-refractivity contribution in [2.75, 3.05) is 26.2 Å². The molecule has 1 heterocycles. The highest BCUT2D eigenvalue weighted by atomic mass is 16.5. The van der Waals surface area contributed by atoms with E-state index in [1.54, 1.807) is 0 Å². The van der Waals surface area contributed by atoms with Crippen LogP contribution in [-0.2, 0) is 4.74 Å². The van der Waals surface area contributed by atoms with E-state index < -0.39 is 0 Å². The predicted molar refractivity (Wildman–Crippen MR) is 82.7 cm³/mol. The van der Waals surface area contributed by atoms with Crippen molar-refractivity contribution in [3.63, 3.8) is 0 Å². The summed E-state index contributed by atoms with van der Waals surface area (Å²) in [6.07, 6.45) is 9.99. The Morgan fingerprint density at radius 1 is 1.40 bits per heavy atom. The van der Waals surface area contributed by atoms with Crippen LogP contribution in [-0.4, -0.2) is 32.3 Å². The van der Waals surface area contributed by atoms with Crippen LogP contribution < -0.4 is 10.6 Å². The zero-order chi connectivity index (χ0) is 14.6. The number of amides is 1. The van der Waals surface area contributed by atoms with Gasteiger partial charge in [-0.2, -0.15) is 0 Å². The second-order valence-corrected chi connectivity index (χ2v) is 5.19. The maximum absolute atomic E-state index is 11.7. The molecule has 2 N–H and O–H groups in total. The first-order chi connectivity index (χ1) is 9.76. The Morgan fingerprint density at radius 3 is 2.80 bits per heavy atom. The van der Waals surface area contributed by atoms with Crippen LogP contribution in [0, 0.1) is 5.92 Å². The molecule has 0 atom stereocenters. The summed E-state index contributed by atoms with van der Waals surface area (Å²) in [5.41, 5.74) is 1.16. The highest BCUT2D eigenvalue weighted by molar-refractivity contribution is 5.67. The van der Waals surface area contributed by atoms with Gasteiger partial charge in [0.25, 0.3) is 0 Å². The van der Waals surface area contributed by atoms with Crippen molar-refractivity contribution in [1.82, 2.24) is 10.6 Å². The number of allylic oxidation sites excluding steroid dienone is 3. The van der Waals surface area contributed by atoms with Crippen LogP contribution in [0.1, 0.15) is 39.5 Å². The molecule has 1 aliphatic rings. The zero-order valence-electron chi connectivity index (χ0n) is 12.8. The minimum absolute atomic E-state index is 0.300. The lowest BCUT2D eigenvalue weighted by atomic mass is 9.98. The van der Waals surface area contributed by atoms with Gasteiger partial charge in [0.1, 0.15) is 6.61 Å². The number of nitrogens with one attached hydrogen (secondary N) is 2. The van der Waals surface area contributed by atoms with Crippen LogP contribution in [0.2, 0.25) is 0 Å². The fraction of sp³-hybridized carbons (Fsp3) is 0.688. The molecule has 1 fully saturated rings. The smallest absolute Gasteiger partial charge is 0.407 e. The Labute approximate surface area is 122 Å². The molecule has 0 saturated carbocycles. The van der Waals surface area contributed by atoms with Gasteiger partial charge >= 0.3 is 6.09 Å². The van der Waals surface area contributed by atoms with Gasteiger partial charge in [-0.3, -0.25) is 0 Å². The van der Waals surface area contributed by atoms with Gasteiger partial charge < -0.3 is 15.4 Å². The van der Waals surface area contributed by atoms with Crippen LogP contribution in [0.3, 0.4) is 0 Å². The van der Waals surface area contributed by atoms with Gasteiger partial charge in [-0.05, 0) is 57.2 Å². The highest BCUT2D eigenvalue weighted by Gasteiger charge is 2.14. The van der Waals surface area contributed by atoms with Gasteiger partial charge in [0.2, 0.25) is 0 Å². The molecule has 1 aliphatic heterocycles. The summed E-state index contributed by atoms with van der Waals surface area (Å²) < 4.78 is 5.28. The van der Waals surface area contributed by atoms with E-state index in [2.05, 4.69) is 29.7 Å². The van der Waals surface area contributed by atoms with Crippen molar-refractivity contribution in [2.24, 2.45) is 5.92 Å². The lowest BCUT2D eigenvalue weighted by Gasteiger charge is -2.22. The van der Waals surface area contributed by atoms with Crippen LogP contribution in [0.4, 0.5) is 4.79 Å². The zero-order valence-corrected chi connectivity index (χ0v) is 12.8. The number of piperidine rings is 1. The Hall–Kier alpha value is -1.29. The Morgan fingerprint density at radius 2 is 2.15 bits per heavy atom. The SMILES string of the molecule is C/C=C\C/C(=C\CC)COC(=O)NCC1CCNCC1. The molecule has 0 aromatic rings. The van der Waals surface area contributed by atoms with Crippen molar-refractivity contribution in [1.29, 1.82) is 0 Å². The average Bonchev–Trinajstić information content (AvgIpc) is 2.49. The Kier molecular flexibility index (Phi) is 8.79. The molecule has 20 heavy (non-hydrogen) atoms. The van der Waals surface area contributed by atoms with E-state index in [0.29, 0.717) is 12.5 Å². The minimum Gasteiger partial charge on any atom is -0.445 e. The lowest BCUT2D eigenvalue weighted by Crippen LogP contribution is -2.36. The minimum atomic E-state index is -0.300. The van der Waals surface area contributed by atoms with E-state index in [-0.39, 0.29) is 6.09 Å². The molecule has 0 aliphatic carbocycles. The maximum Gasteiger partial charge on any atom is 0.407 e. The molecular formula is C16H28N2O2. The first-order valence-corrected chi connectivity index (χ1v) is 7.66. The monoisotopic (exact) mass is 280 g/mol. The molecule has 1 rings (SSSR count). The van der Waals surface area contributed by atoms with Gasteiger partial charge in [0.05, 0.1) is 0 Å². The molecule has 1 amide bonds. The van der Waals surface area contributed by atoms with Crippen LogP contribution in [0.25, 0.3) is 0 Å². The molecular weight excluding hydrogens is 252 g/mol. The number of carbonyl (C=O) groups excluding carboxylic acids is 1. The van der Waals surface area contributed by atoms with Crippen LogP contribution in [0.5, 0.6) is 0 Å². The average molecular weight is 280 g/mol. The first kappa shape index (κ1) is 16.8. The van der Waals surface area contributed by atoms with Gasteiger partial charge in [0, 0.05) is 6.54 Å². The molecule has 4 heteroatoms. The fourth-order valence-electron chi connectivity index (χ4n) is 2.28. The number of hydrogen-bond acceptors (Lipinski definition) is 3. The molecule has 4 nitrogen and oxygen atoms in total. The third-order valence-electron chi connectivity index (χ3n) is 3.49. The van der Waals surface area contributed by atoms with Crippen LogP contribution >= 0.6 is 0 Å². The van der Waals surface area contributed by atoms with Crippen molar-refractivity contribution < 1.29 is 9.53 Å². The summed E-state index contributed by atoms with van der Waals surface area (Å²) in [5.74, 6) is 0.581. The normalized spacial score (nSPS) is 17.4. The summed E-state index contributed by atoms with van der Waals surface area (Å²) in [7, 11) is 0. The van der Waals surface area contributed by atoms with E-state index in [9.17, 15) is 4.79 Å². The quantitative estimate of drug-likeness (QED) is 0.705. The number of carbonyl (C=O) groups is 1. The third kappa shape index (κ3) is 7.34. The van der Waals surface area contributed by atoms with E-state index in [4.69, 9.17) is 4.74 Å². The molecule has 0 unspecified atom stereocenters.